The van der Waals surface area contributed by atoms with E-state index in [0.717, 1.165) is 15.7 Å². The lowest BCUT2D eigenvalue weighted by Gasteiger charge is -2.05. The molecule has 1 aromatic heterocycles. The molecule has 0 aliphatic heterocycles. The van der Waals surface area contributed by atoms with Crippen molar-refractivity contribution in [3.8, 4) is 0 Å². The second-order valence-electron chi connectivity index (χ2n) is 3.65. The molecular formula is C11H11BrClN3O. The van der Waals surface area contributed by atoms with Crippen LogP contribution in [0.2, 0.25) is 0 Å². The van der Waals surface area contributed by atoms with E-state index in [4.69, 9.17) is 16.0 Å². The molecule has 4 nitrogen and oxygen atoms in total. The lowest BCUT2D eigenvalue weighted by Crippen LogP contribution is -1.93. The van der Waals surface area contributed by atoms with Gasteiger partial charge in [0.05, 0.1) is 0 Å². The standard InChI is InChI=1S/C11H11BrClN3O/c1-6-3-4-8(12)5-9(6)14-11-16-15-10(17-11)7(2)13/h3-5,7H,1-2H3,(H,14,16). The number of aryl methyl sites for hydroxylation is 1. The van der Waals surface area contributed by atoms with Crippen LogP contribution in [-0.4, -0.2) is 10.2 Å². The third-order valence-corrected chi connectivity index (χ3v) is 2.90. The molecule has 1 unspecified atom stereocenters. The van der Waals surface area contributed by atoms with Crippen molar-refractivity contribution in [2.75, 3.05) is 5.32 Å². The number of hydrogen-bond acceptors (Lipinski definition) is 4. The fraction of sp³-hybridized carbons (Fsp3) is 0.273. The van der Waals surface area contributed by atoms with Gasteiger partial charge in [0.15, 0.2) is 0 Å². The van der Waals surface area contributed by atoms with Gasteiger partial charge < -0.3 is 9.73 Å². The van der Waals surface area contributed by atoms with Gasteiger partial charge in [-0.15, -0.1) is 16.7 Å². The first-order valence-corrected chi connectivity index (χ1v) is 6.30. The fourth-order valence-electron chi connectivity index (χ4n) is 1.29. The molecule has 0 saturated carbocycles. The molecule has 1 atom stereocenters. The molecule has 90 valence electrons. The third-order valence-electron chi connectivity index (χ3n) is 2.22. The highest BCUT2D eigenvalue weighted by Crippen LogP contribution is 2.25. The van der Waals surface area contributed by atoms with Crippen LogP contribution in [-0.2, 0) is 0 Å². The summed E-state index contributed by atoms with van der Waals surface area (Å²) in [5.41, 5.74) is 2.00. The van der Waals surface area contributed by atoms with Gasteiger partial charge in [-0.05, 0) is 31.5 Å². The van der Waals surface area contributed by atoms with E-state index in [1.54, 1.807) is 6.92 Å². The van der Waals surface area contributed by atoms with E-state index in [9.17, 15) is 0 Å². The summed E-state index contributed by atoms with van der Waals surface area (Å²) in [4.78, 5) is 0. The highest BCUT2D eigenvalue weighted by molar-refractivity contribution is 9.10. The molecule has 6 heteroatoms. The van der Waals surface area contributed by atoms with Crippen molar-refractivity contribution < 1.29 is 4.42 Å². The van der Waals surface area contributed by atoms with Gasteiger partial charge in [-0.2, -0.15) is 0 Å². The van der Waals surface area contributed by atoms with Crippen LogP contribution in [0.4, 0.5) is 11.7 Å². The Bertz CT molecular complexity index is 527. The molecular weight excluding hydrogens is 305 g/mol. The summed E-state index contributed by atoms with van der Waals surface area (Å²) in [7, 11) is 0. The van der Waals surface area contributed by atoms with Crippen LogP contribution < -0.4 is 5.32 Å². The van der Waals surface area contributed by atoms with Crippen molar-refractivity contribution in [1.82, 2.24) is 10.2 Å². The summed E-state index contributed by atoms with van der Waals surface area (Å²) >= 11 is 9.25. The molecule has 0 amide bonds. The van der Waals surface area contributed by atoms with E-state index in [0.29, 0.717) is 11.9 Å². The fourth-order valence-corrected chi connectivity index (χ4v) is 1.74. The molecule has 0 radical (unpaired) electrons. The van der Waals surface area contributed by atoms with Gasteiger partial charge in [0.1, 0.15) is 5.38 Å². The molecule has 0 saturated heterocycles. The second kappa shape index (κ2) is 5.06. The first-order valence-electron chi connectivity index (χ1n) is 5.07. The number of anilines is 2. The van der Waals surface area contributed by atoms with Crippen LogP contribution in [0.5, 0.6) is 0 Å². The van der Waals surface area contributed by atoms with Crippen LogP contribution in [0.25, 0.3) is 0 Å². The minimum Gasteiger partial charge on any atom is -0.406 e. The lowest BCUT2D eigenvalue weighted by molar-refractivity contribution is 0.510. The summed E-state index contributed by atoms with van der Waals surface area (Å²) < 4.78 is 6.35. The Morgan fingerprint density at radius 1 is 1.41 bits per heavy atom. The maximum atomic E-state index is 5.84. The zero-order valence-corrected chi connectivity index (χ0v) is 11.7. The van der Waals surface area contributed by atoms with Crippen molar-refractivity contribution in [2.45, 2.75) is 19.2 Å². The molecule has 2 rings (SSSR count). The zero-order chi connectivity index (χ0) is 12.4. The molecule has 0 bridgehead atoms. The van der Waals surface area contributed by atoms with E-state index in [1.165, 1.54) is 0 Å². The maximum absolute atomic E-state index is 5.84. The predicted molar refractivity (Wildman–Crippen MR) is 70.7 cm³/mol. The Kier molecular flexibility index (Phi) is 3.69. The molecule has 0 aliphatic carbocycles. The number of halogens is 2. The molecule has 0 aliphatic rings. The zero-order valence-electron chi connectivity index (χ0n) is 9.37. The van der Waals surface area contributed by atoms with Gasteiger partial charge in [0, 0.05) is 10.2 Å². The summed E-state index contributed by atoms with van der Waals surface area (Å²) in [6, 6.07) is 6.26. The van der Waals surface area contributed by atoms with Gasteiger partial charge in [-0.1, -0.05) is 27.1 Å². The van der Waals surface area contributed by atoms with Gasteiger partial charge in [-0.25, -0.2) is 0 Å². The van der Waals surface area contributed by atoms with E-state index < -0.39 is 0 Å². The smallest absolute Gasteiger partial charge is 0.320 e. The normalized spacial score (nSPS) is 12.5. The third kappa shape index (κ3) is 2.98. The molecule has 17 heavy (non-hydrogen) atoms. The number of aromatic nitrogens is 2. The molecule has 0 fully saturated rings. The summed E-state index contributed by atoms with van der Waals surface area (Å²) in [5.74, 6) is 0.404. The topological polar surface area (TPSA) is 51.0 Å². The lowest BCUT2D eigenvalue weighted by atomic mass is 10.2. The van der Waals surface area contributed by atoms with Crippen LogP contribution in [0.3, 0.4) is 0 Å². The van der Waals surface area contributed by atoms with Gasteiger partial charge in [0.25, 0.3) is 0 Å². The van der Waals surface area contributed by atoms with Crippen LogP contribution >= 0.6 is 27.5 Å². The van der Waals surface area contributed by atoms with Gasteiger partial charge >= 0.3 is 6.01 Å². The second-order valence-corrected chi connectivity index (χ2v) is 5.22. The van der Waals surface area contributed by atoms with Crippen molar-refractivity contribution in [2.24, 2.45) is 0 Å². The van der Waals surface area contributed by atoms with Gasteiger partial charge in [-0.3, -0.25) is 0 Å². The number of hydrogen-bond donors (Lipinski definition) is 1. The number of benzene rings is 1. The minimum atomic E-state index is -0.290. The largest absolute Gasteiger partial charge is 0.406 e. The monoisotopic (exact) mass is 315 g/mol. The molecule has 0 spiro atoms. The van der Waals surface area contributed by atoms with Crippen molar-refractivity contribution in [3.63, 3.8) is 0 Å². The molecule has 2 aromatic rings. The number of rotatable bonds is 3. The van der Waals surface area contributed by atoms with E-state index in [1.807, 2.05) is 25.1 Å². The maximum Gasteiger partial charge on any atom is 0.320 e. The van der Waals surface area contributed by atoms with E-state index in [2.05, 4.69) is 31.4 Å². The Morgan fingerprint density at radius 2 is 2.18 bits per heavy atom. The quantitative estimate of drug-likeness (QED) is 0.863. The predicted octanol–water partition coefficient (Wildman–Crippen LogP) is 4.18. The number of nitrogens with one attached hydrogen (secondary N) is 1. The van der Waals surface area contributed by atoms with Gasteiger partial charge in [0.2, 0.25) is 5.89 Å². The molecule has 1 aromatic carbocycles. The molecule has 1 N–H and O–H groups in total. The highest BCUT2D eigenvalue weighted by atomic mass is 79.9. The number of alkyl halides is 1. The summed E-state index contributed by atoms with van der Waals surface area (Å²) in [6.45, 7) is 3.78. The Balaban J connectivity index is 2.22. The average molecular weight is 317 g/mol. The summed E-state index contributed by atoms with van der Waals surface area (Å²) in [5, 5.41) is 10.5. The summed E-state index contributed by atoms with van der Waals surface area (Å²) in [6.07, 6.45) is 0. The SMILES string of the molecule is Cc1ccc(Br)cc1Nc1nnc(C(C)Cl)o1. The van der Waals surface area contributed by atoms with E-state index >= 15 is 0 Å². The number of nitrogens with zero attached hydrogens (tertiary/aromatic N) is 2. The highest BCUT2D eigenvalue weighted by Gasteiger charge is 2.11. The average Bonchev–Trinajstić information content (AvgIpc) is 2.72. The van der Waals surface area contributed by atoms with Crippen LogP contribution in [0, 0.1) is 6.92 Å². The first-order chi connectivity index (χ1) is 8.06. The minimum absolute atomic E-state index is 0.290. The molecule has 1 heterocycles. The van der Waals surface area contributed by atoms with Crippen molar-refractivity contribution in [1.29, 1.82) is 0 Å². The van der Waals surface area contributed by atoms with Crippen LogP contribution in [0.15, 0.2) is 27.1 Å². The Labute approximate surface area is 113 Å². The Hall–Kier alpha value is -1.07. The van der Waals surface area contributed by atoms with Crippen LogP contribution in [0.1, 0.15) is 23.8 Å². The van der Waals surface area contributed by atoms with Crippen molar-refractivity contribution in [3.05, 3.63) is 34.1 Å². The first kappa shape index (κ1) is 12.4. The van der Waals surface area contributed by atoms with Crippen molar-refractivity contribution >= 4 is 39.2 Å². The Morgan fingerprint density at radius 3 is 2.82 bits per heavy atom. The van der Waals surface area contributed by atoms with E-state index in [-0.39, 0.29) is 5.38 Å².